The molecule has 0 aromatic heterocycles. The number of thiocarbonyl (C=S) groups is 1. The normalized spacial score (nSPS) is 12.1. The summed E-state index contributed by atoms with van der Waals surface area (Å²) < 4.78 is 4.54. The number of nitrogens with one attached hydrogen (secondary N) is 4. The third-order valence-electron chi connectivity index (χ3n) is 4.88. The monoisotopic (exact) mass is 565 g/mol. The summed E-state index contributed by atoms with van der Waals surface area (Å²) in [7, 11) is 0. The summed E-state index contributed by atoms with van der Waals surface area (Å²) in [5.41, 5.74) is 2.32. The van der Waals surface area contributed by atoms with E-state index in [1.165, 1.54) is 0 Å². The molecule has 0 radical (unpaired) electrons. The molecule has 0 aliphatic carbocycles. The minimum absolute atomic E-state index is 0.0769. The lowest BCUT2D eigenvalue weighted by atomic mass is 10.1. The largest absolute Gasteiger partial charge is 0.481 e. The van der Waals surface area contributed by atoms with Crippen molar-refractivity contribution in [3.05, 3.63) is 59.7 Å². The van der Waals surface area contributed by atoms with Gasteiger partial charge in [-0.25, -0.2) is 0 Å². The zero-order valence-electron chi connectivity index (χ0n) is 20.1. The zero-order valence-corrected chi connectivity index (χ0v) is 21.8. The van der Waals surface area contributed by atoms with E-state index in [2.05, 4.69) is 30.6 Å². The van der Waals surface area contributed by atoms with Gasteiger partial charge in [0, 0.05) is 17.1 Å². The molecule has 0 aliphatic rings. The van der Waals surface area contributed by atoms with Gasteiger partial charge in [-0.15, -0.1) is 9.32 Å². The molecule has 2 rings (SSSR count). The zero-order chi connectivity index (χ0) is 28.1. The van der Waals surface area contributed by atoms with Crippen LogP contribution in [0.4, 0.5) is 5.69 Å². The van der Waals surface area contributed by atoms with Gasteiger partial charge >= 0.3 is 11.9 Å². The number of aryl methyl sites for hydroxylation is 1. The van der Waals surface area contributed by atoms with Crippen LogP contribution in [0.2, 0.25) is 0 Å². The van der Waals surface area contributed by atoms with Gasteiger partial charge in [0.1, 0.15) is 12.1 Å². The molecule has 2 aromatic carbocycles. The van der Waals surface area contributed by atoms with Gasteiger partial charge < -0.3 is 31.5 Å². The van der Waals surface area contributed by atoms with E-state index in [-0.39, 0.29) is 11.7 Å². The third kappa shape index (κ3) is 11.1. The number of anilines is 1. The van der Waals surface area contributed by atoms with Gasteiger partial charge in [0.25, 0.3) is 0 Å². The molecule has 0 aliphatic heterocycles. The summed E-state index contributed by atoms with van der Waals surface area (Å²) in [5, 5.41) is 28.7. The van der Waals surface area contributed by atoms with Crippen molar-refractivity contribution in [3.63, 3.8) is 0 Å². The highest BCUT2D eigenvalue weighted by Gasteiger charge is 2.29. The Labute approximate surface area is 227 Å². The van der Waals surface area contributed by atoms with Crippen molar-refractivity contribution in [2.75, 3.05) is 5.32 Å². The Bertz CT molecular complexity index is 1130. The van der Waals surface area contributed by atoms with Gasteiger partial charge in [0.2, 0.25) is 11.8 Å². The number of aliphatic carboxylic acids is 2. The minimum atomic E-state index is -1.45. The van der Waals surface area contributed by atoms with Crippen LogP contribution in [-0.2, 0) is 35.0 Å². The lowest BCUT2D eigenvalue weighted by molar-refractivity contribution is -0.195. The number of carbonyl (C=O) groups excluding carboxylic acids is 2. The molecular weight excluding hydrogens is 538 g/mol. The van der Waals surface area contributed by atoms with Crippen molar-refractivity contribution in [3.8, 4) is 0 Å². The van der Waals surface area contributed by atoms with Crippen molar-refractivity contribution in [2.45, 2.75) is 43.3 Å². The Morgan fingerprint density at radius 2 is 1.50 bits per heavy atom. The molecular formula is C23H27N5O8S2. The fourth-order valence-corrected chi connectivity index (χ4v) is 3.66. The molecule has 2 atom stereocenters. The SMILES string of the molecule is Cc1ccc(CNC(=O)[C@H](CC(=O)O)NC(=O)[C@H](CC(=O)O)NC(=S)Nc2ccc(SOON)cc2)cc1. The van der Waals surface area contributed by atoms with E-state index < -0.39 is 48.7 Å². The Morgan fingerprint density at radius 3 is 2.05 bits per heavy atom. The van der Waals surface area contributed by atoms with Crippen LogP contribution in [0.5, 0.6) is 0 Å². The maximum atomic E-state index is 12.9. The van der Waals surface area contributed by atoms with Crippen LogP contribution >= 0.6 is 24.3 Å². The number of hydrogen-bond donors (Lipinski definition) is 7. The molecule has 204 valence electrons. The van der Waals surface area contributed by atoms with Crippen molar-refractivity contribution in [1.29, 1.82) is 0 Å². The number of carbonyl (C=O) groups is 4. The maximum absolute atomic E-state index is 12.9. The summed E-state index contributed by atoms with van der Waals surface area (Å²) in [4.78, 5) is 52.9. The average molecular weight is 566 g/mol. The Morgan fingerprint density at radius 1 is 0.921 bits per heavy atom. The maximum Gasteiger partial charge on any atom is 0.305 e. The van der Waals surface area contributed by atoms with E-state index in [9.17, 15) is 29.4 Å². The quantitative estimate of drug-likeness (QED) is 0.0747. The number of carboxylic acids is 2. The van der Waals surface area contributed by atoms with E-state index in [1.54, 1.807) is 36.4 Å². The van der Waals surface area contributed by atoms with Gasteiger partial charge in [-0.05, 0) is 49.0 Å². The predicted molar refractivity (Wildman–Crippen MR) is 141 cm³/mol. The molecule has 0 spiro atoms. The summed E-state index contributed by atoms with van der Waals surface area (Å²) >= 11 is 6.06. The van der Waals surface area contributed by atoms with Crippen LogP contribution in [0, 0.1) is 6.92 Å². The van der Waals surface area contributed by atoms with Crippen LogP contribution in [0.15, 0.2) is 53.4 Å². The summed E-state index contributed by atoms with van der Waals surface area (Å²) in [5.74, 6) is 0.484. The highest BCUT2D eigenvalue weighted by Crippen LogP contribution is 2.20. The topological polar surface area (TPSA) is 201 Å². The molecule has 15 heteroatoms. The first-order chi connectivity index (χ1) is 18.1. The highest BCUT2D eigenvalue weighted by molar-refractivity contribution is 7.94. The second-order valence-corrected chi connectivity index (χ2v) is 9.07. The van der Waals surface area contributed by atoms with Gasteiger partial charge in [0.15, 0.2) is 5.11 Å². The number of amides is 2. The van der Waals surface area contributed by atoms with Gasteiger partial charge in [0.05, 0.1) is 24.9 Å². The smallest absolute Gasteiger partial charge is 0.305 e. The number of carboxylic acid groups (broad SMARTS) is 2. The van der Waals surface area contributed by atoms with Crippen LogP contribution < -0.4 is 27.2 Å². The van der Waals surface area contributed by atoms with E-state index in [0.29, 0.717) is 10.6 Å². The molecule has 0 bridgehead atoms. The lowest BCUT2D eigenvalue weighted by Gasteiger charge is -2.22. The third-order valence-corrected chi connectivity index (χ3v) is 5.71. The molecule has 13 nitrogen and oxygen atoms in total. The van der Waals surface area contributed by atoms with E-state index in [4.69, 9.17) is 18.1 Å². The molecule has 2 amide bonds. The number of benzene rings is 2. The van der Waals surface area contributed by atoms with E-state index in [0.717, 1.165) is 23.2 Å². The Hall–Kier alpha value is -3.76. The molecule has 0 saturated heterocycles. The first-order valence-electron chi connectivity index (χ1n) is 11.0. The second kappa shape index (κ2) is 15.5. The van der Waals surface area contributed by atoms with Crippen LogP contribution in [0.25, 0.3) is 0 Å². The minimum Gasteiger partial charge on any atom is -0.481 e. The summed E-state index contributed by atoms with van der Waals surface area (Å²) in [6.45, 7) is 2.02. The fraction of sp³-hybridized carbons (Fsp3) is 0.261. The molecule has 38 heavy (non-hydrogen) atoms. The van der Waals surface area contributed by atoms with Crippen molar-refractivity contribution in [1.82, 2.24) is 16.0 Å². The highest BCUT2D eigenvalue weighted by atomic mass is 32.2. The van der Waals surface area contributed by atoms with Crippen LogP contribution in [0.1, 0.15) is 24.0 Å². The molecule has 0 unspecified atom stereocenters. The second-order valence-electron chi connectivity index (χ2n) is 7.88. The van der Waals surface area contributed by atoms with Crippen molar-refractivity contribution in [2.24, 2.45) is 5.90 Å². The average Bonchev–Trinajstić information content (AvgIpc) is 2.86. The van der Waals surface area contributed by atoms with Crippen molar-refractivity contribution < 1.29 is 38.7 Å². The van der Waals surface area contributed by atoms with Crippen molar-refractivity contribution >= 4 is 58.8 Å². The fourth-order valence-electron chi connectivity index (χ4n) is 3.04. The number of rotatable bonds is 14. The van der Waals surface area contributed by atoms with Crippen LogP contribution in [-0.4, -0.2) is 51.2 Å². The lowest BCUT2D eigenvalue weighted by Crippen LogP contribution is -2.55. The van der Waals surface area contributed by atoms with E-state index in [1.807, 2.05) is 19.1 Å². The molecule has 2 aromatic rings. The first-order valence-corrected chi connectivity index (χ1v) is 12.2. The van der Waals surface area contributed by atoms with Gasteiger partial charge in [-0.2, -0.15) is 5.90 Å². The summed E-state index contributed by atoms with van der Waals surface area (Å²) in [6, 6.07) is 11.0. The first kappa shape index (κ1) is 30.5. The molecule has 0 saturated carbocycles. The predicted octanol–water partition coefficient (Wildman–Crippen LogP) is 1.23. The Kier molecular flexibility index (Phi) is 12.4. The van der Waals surface area contributed by atoms with E-state index >= 15 is 0 Å². The summed E-state index contributed by atoms with van der Waals surface area (Å²) in [6.07, 6.45) is -1.40. The molecule has 0 heterocycles. The molecule has 0 fully saturated rings. The number of nitrogens with two attached hydrogens (primary N) is 1. The molecule has 8 N–H and O–H groups in total. The Balaban J connectivity index is 2.03. The number of hydrogen-bond acceptors (Lipinski definition) is 9. The van der Waals surface area contributed by atoms with Crippen LogP contribution in [0.3, 0.4) is 0 Å². The van der Waals surface area contributed by atoms with Gasteiger partial charge in [-0.1, -0.05) is 29.8 Å². The van der Waals surface area contributed by atoms with Gasteiger partial charge in [-0.3, -0.25) is 19.2 Å². The standard InChI is InChI=1S/C23H27N5O8S2/c1-13-2-4-14(5-3-13)12-25-21(33)17(10-19(29)30)27-22(34)18(11-20(31)32)28-23(37)26-15-6-8-16(9-7-15)38-36-35-24/h2-9,17-18H,10-12,24H2,1H3,(H,25,33)(H,27,34)(H,29,30)(H,31,32)(H2,26,28,37)/t17-,18-/m0/s1.